The van der Waals surface area contributed by atoms with E-state index in [1.807, 2.05) is 41.1 Å². The number of rotatable bonds is 2. The average molecular weight is 289 g/mol. The van der Waals surface area contributed by atoms with E-state index in [0.717, 1.165) is 30.4 Å². The van der Waals surface area contributed by atoms with Gasteiger partial charge in [-0.3, -0.25) is 0 Å². The van der Waals surface area contributed by atoms with Gasteiger partial charge < -0.3 is 10.2 Å². The summed E-state index contributed by atoms with van der Waals surface area (Å²) in [6.07, 6.45) is 5.17. The molecule has 1 N–H and O–H groups in total. The van der Waals surface area contributed by atoms with E-state index in [1.165, 1.54) is 0 Å². The van der Waals surface area contributed by atoms with Crippen LogP contribution in [0.1, 0.15) is 0 Å². The summed E-state index contributed by atoms with van der Waals surface area (Å²) < 4.78 is 1.67. The first-order valence-corrected chi connectivity index (χ1v) is 7.58. The van der Waals surface area contributed by atoms with Gasteiger partial charge in [-0.05, 0) is 18.2 Å². The fourth-order valence-electron chi connectivity index (χ4n) is 1.97. The van der Waals surface area contributed by atoms with Crippen LogP contribution in [0.4, 0.5) is 10.5 Å². The molecule has 3 heterocycles. The normalized spacial score (nSPS) is 15.1. The van der Waals surface area contributed by atoms with Gasteiger partial charge >= 0.3 is 6.03 Å². The first-order chi connectivity index (χ1) is 9.83. The molecule has 0 spiro atoms. The topological polar surface area (TPSA) is 63.1 Å². The molecule has 3 rings (SSSR count). The van der Waals surface area contributed by atoms with Crippen LogP contribution in [0.3, 0.4) is 0 Å². The maximum atomic E-state index is 12.0. The number of thioether (sulfide) groups is 1. The van der Waals surface area contributed by atoms with E-state index in [-0.39, 0.29) is 6.03 Å². The van der Waals surface area contributed by atoms with E-state index in [1.54, 1.807) is 17.1 Å². The molecule has 0 aromatic carbocycles. The highest BCUT2D eigenvalue weighted by molar-refractivity contribution is 7.99. The van der Waals surface area contributed by atoms with Crippen LogP contribution in [0.15, 0.2) is 36.8 Å². The standard InChI is InChI=1S/C13H15N5OS/c19-13(17-6-8-20-9-7-17)16-11-2-3-12(14-10-11)18-5-1-4-15-18/h1-5,10H,6-9H2,(H,16,19). The number of pyridine rings is 1. The molecule has 20 heavy (non-hydrogen) atoms. The molecule has 1 saturated heterocycles. The van der Waals surface area contributed by atoms with Gasteiger partial charge in [-0.25, -0.2) is 14.5 Å². The van der Waals surface area contributed by atoms with Gasteiger partial charge in [-0.1, -0.05) is 0 Å². The van der Waals surface area contributed by atoms with Crippen molar-refractivity contribution in [3.05, 3.63) is 36.8 Å². The summed E-state index contributed by atoms with van der Waals surface area (Å²) in [5.74, 6) is 2.73. The lowest BCUT2D eigenvalue weighted by Gasteiger charge is -2.26. The minimum Gasteiger partial charge on any atom is -0.323 e. The molecule has 0 aliphatic carbocycles. The van der Waals surface area contributed by atoms with Gasteiger partial charge in [-0.2, -0.15) is 16.9 Å². The number of carbonyl (C=O) groups is 1. The fraction of sp³-hybridized carbons (Fsp3) is 0.308. The Balaban J connectivity index is 1.64. The number of hydrogen-bond acceptors (Lipinski definition) is 4. The minimum absolute atomic E-state index is 0.0565. The molecule has 6 nitrogen and oxygen atoms in total. The van der Waals surface area contributed by atoms with Gasteiger partial charge in [0.2, 0.25) is 0 Å². The molecular weight excluding hydrogens is 274 g/mol. The summed E-state index contributed by atoms with van der Waals surface area (Å²) in [5.41, 5.74) is 0.698. The molecular formula is C13H15N5OS. The third-order valence-electron chi connectivity index (χ3n) is 3.04. The summed E-state index contributed by atoms with van der Waals surface area (Å²) in [7, 11) is 0. The molecule has 0 bridgehead atoms. The number of amides is 2. The number of aromatic nitrogens is 3. The van der Waals surface area contributed by atoms with Crippen LogP contribution < -0.4 is 5.32 Å². The highest BCUT2D eigenvalue weighted by Crippen LogP contribution is 2.13. The summed E-state index contributed by atoms with van der Waals surface area (Å²) in [6, 6.07) is 5.44. The van der Waals surface area contributed by atoms with Crippen molar-refractivity contribution in [3.63, 3.8) is 0 Å². The van der Waals surface area contributed by atoms with Crippen molar-refractivity contribution in [2.24, 2.45) is 0 Å². The van der Waals surface area contributed by atoms with Gasteiger partial charge in [0, 0.05) is 37.0 Å². The van der Waals surface area contributed by atoms with Gasteiger partial charge in [0.15, 0.2) is 5.82 Å². The second-order valence-electron chi connectivity index (χ2n) is 4.39. The van der Waals surface area contributed by atoms with Crippen LogP contribution in [0.25, 0.3) is 5.82 Å². The molecule has 2 amide bonds. The number of carbonyl (C=O) groups excluding carboxylic acids is 1. The highest BCUT2D eigenvalue weighted by Gasteiger charge is 2.16. The highest BCUT2D eigenvalue weighted by atomic mass is 32.2. The lowest BCUT2D eigenvalue weighted by Crippen LogP contribution is -2.40. The Morgan fingerprint density at radius 1 is 1.30 bits per heavy atom. The van der Waals surface area contributed by atoms with Crippen molar-refractivity contribution in [1.29, 1.82) is 0 Å². The number of urea groups is 1. The Labute approximate surface area is 121 Å². The summed E-state index contributed by atoms with van der Waals surface area (Å²) in [6.45, 7) is 1.60. The SMILES string of the molecule is O=C(Nc1ccc(-n2cccn2)nc1)N1CCSCC1. The Kier molecular flexibility index (Phi) is 3.87. The summed E-state index contributed by atoms with van der Waals surface area (Å²) >= 11 is 1.88. The Hall–Kier alpha value is -2.02. The predicted octanol–water partition coefficient (Wildman–Crippen LogP) is 1.85. The van der Waals surface area contributed by atoms with E-state index in [0.29, 0.717) is 5.69 Å². The van der Waals surface area contributed by atoms with Crippen LogP contribution in [0, 0.1) is 0 Å². The van der Waals surface area contributed by atoms with Crippen molar-refractivity contribution in [3.8, 4) is 5.82 Å². The van der Waals surface area contributed by atoms with E-state index in [9.17, 15) is 4.79 Å². The number of anilines is 1. The third kappa shape index (κ3) is 2.93. The quantitative estimate of drug-likeness (QED) is 0.916. The fourth-order valence-corrected chi connectivity index (χ4v) is 2.87. The average Bonchev–Trinajstić information content (AvgIpc) is 3.03. The summed E-state index contributed by atoms with van der Waals surface area (Å²) in [4.78, 5) is 18.2. The molecule has 2 aromatic rings. The number of hydrogen-bond donors (Lipinski definition) is 1. The smallest absolute Gasteiger partial charge is 0.321 e. The minimum atomic E-state index is -0.0565. The Morgan fingerprint density at radius 3 is 2.80 bits per heavy atom. The molecule has 0 saturated carbocycles. The van der Waals surface area contributed by atoms with E-state index in [2.05, 4.69) is 15.4 Å². The van der Waals surface area contributed by atoms with Gasteiger partial charge in [-0.15, -0.1) is 0 Å². The molecule has 2 aromatic heterocycles. The van der Waals surface area contributed by atoms with Gasteiger partial charge in [0.25, 0.3) is 0 Å². The maximum Gasteiger partial charge on any atom is 0.321 e. The van der Waals surface area contributed by atoms with Gasteiger partial charge in [0.1, 0.15) is 0 Å². The van der Waals surface area contributed by atoms with Crippen molar-refractivity contribution >= 4 is 23.5 Å². The maximum absolute atomic E-state index is 12.0. The summed E-state index contributed by atoms with van der Waals surface area (Å²) in [5, 5.41) is 6.98. The monoisotopic (exact) mass is 289 g/mol. The first kappa shape index (κ1) is 13.0. The third-order valence-corrected chi connectivity index (χ3v) is 3.98. The Morgan fingerprint density at radius 2 is 2.15 bits per heavy atom. The molecule has 7 heteroatoms. The van der Waals surface area contributed by atoms with E-state index >= 15 is 0 Å². The van der Waals surface area contributed by atoms with E-state index < -0.39 is 0 Å². The van der Waals surface area contributed by atoms with E-state index in [4.69, 9.17) is 0 Å². The zero-order valence-electron chi connectivity index (χ0n) is 10.9. The predicted molar refractivity (Wildman–Crippen MR) is 79.3 cm³/mol. The number of nitrogens with zero attached hydrogens (tertiary/aromatic N) is 4. The van der Waals surface area contributed by atoms with Crippen LogP contribution in [-0.4, -0.2) is 50.3 Å². The van der Waals surface area contributed by atoms with Crippen LogP contribution in [-0.2, 0) is 0 Å². The zero-order valence-corrected chi connectivity index (χ0v) is 11.7. The lowest BCUT2D eigenvalue weighted by atomic mass is 10.4. The van der Waals surface area contributed by atoms with Crippen molar-refractivity contribution < 1.29 is 4.79 Å². The van der Waals surface area contributed by atoms with Crippen molar-refractivity contribution in [1.82, 2.24) is 19.7 Å². The molecule has 0 radical (unpaired) electrons. The second-order valence-corrected chi connectivity index (χ2v) is 5.61. The number of nitrogens with one attached hydrogen (secondary N) is 1. The lowest BCUT2D eigenvalue weighted by molar-refractivity contribution is 0.217. The molecule has 0 atom stereocenters. The molecule has 1 aliphatic heterocycles. The van der Waals surface area contributed by atoms with Crippen LogP contribution >= 0.6 is 11.8 Å². The zero-order chi connectivity index (χ0) is 13.8. The van der Waals surface area contributed by atoms with Crippen molar-refractivity contribution in [2.75, 3.05) is 29.9 Å². The molecule has 0 unspecified atom stereocenters. The molecule has 1 fully saturated rings. The largest absolute Gasteiger partial charge is 0.323 e. The molecule has 1 aliphatic rings. The molecule has 104 valence electrons. The first-order valence-electron chi connectivity index (χ1n) is 6.43. The van der Waals surface area contributed by atoms with Crippen LogP contribution in [0.5, 0.6) is 0 Å². The Bertz CT molecular complexity index is 563. The van der Waals surface area contributed by atoms with Gasteiger partial charge in [0.05, 0.1) is 11.9 Å². The second kappa shape index (κ2) is 5.96. The van der Waals surface area contributed by atoms with Crippen LogP contribution in [0.2, 0.25) is 0 Å². The van der Waals surface area contributed by atoms with Crippen molar-refractivity contribution in [2.45, 2.75) is 0 Å².